The van der Waals surface area contributed by atoms with Gasteiger partial charge in [0.2, 0.25) is 12.1 Å². The highest BCUT2D eigenvalue weighted by atomic mass is 127. The van der Waals surface area contributed by atoms with Crippen molar-refractivity contribution >= 4 is 28.7 Å². The monoisotopic (exact) mass is 392 g/mol. The number of hydrogen-bond acceptors (Lipinski definition) is 7. The van der Waals surface area contributed by atoms with E-state index >= 15 is 0 Å². The van der Waals surface area contributed by atoms with E-state index in [1.165, 1.54) is 4.80 Å². The van der Waals surface area contributed by atoms with Crippen LogP contribution in [0.2, 0.25) is 0 Å². The van der Waals surface area contributed by atoms with Gasteiger partial charge in [0.15, 0.2) is 0 Å². The van der Waals surface area contributed by atoms with Crippen LogP contribution in [-0.2, 0) is 16.5 Å². The van der Waals surface area contributed by atoms with Crippen molar-refractivity contribution in [1.82, 2.24) is 30.0 Å². The summed E-state index contributed by atoms with van der Waals surface area (Å²) in [6.07, 6.45) is 0.227. The number of hydrogen-bond donors (Lipinski definition) is 0. The van der Waals surface area contributed by atoms with Crippen molar-refractivity contribution in [3.63, 3.8) is 0 Å². The number of ether oxygens (including phenoxy) is 2. The third-order valence-corrected chi connectivity index (χ3v) is 3.18. The molecule has 0 saturated heterocycles. The highest BCUT2D eigenvalue weighted by Gasteiger charge is 2.19. The van der Waals surface area contributed by atoms with Gasteiger partial charge in [-0.05, 0) is 41.7 Å². The Bertz CT molecular complexity index is 590. The highest BCUT2D eigenvalue weighted by Crippen LogP contribution is 2.20. The van der Waals surface area contributed by atoms with Crippen LogP contribution in [0.4, 0.5) is 4.79 Å². The van der Waals surface area contributed by atoms with Gasteiger partial charge in [0.05, 0.1) is 16.4 Å². The van der Waals surface area contributed by atoms with Crippen LogP contribution in [0.25, 0.3) is 11.5 Å². The molecule has 1 unspecified atom stereocenters. The normalized spacial score (nSPS) is 12.2. The summed E-state index contributed by atoms with van der Waals surface area (Å²) in [7, 11) is 1.79. The molecule has 0 aromatic carbocycles. The Hall–Kier alpha value is -1.72. The summed E-state index contributed by atoms with van der Waals surface area (Å²) in [5.74, 6) is 0.411. The summed E-state index contributed by atoms with van der Waals surface area (Å²) < 4.78 is 12.2. The lowest BCUT2D eigenvalue weighted by Crippen LogP contribution is -2.18. The maximum Gasteiger partial charge on any atom is 0.510 e. The molecule has 0 saturated carbocycles. The maximum atomic E-state index is 11.2. The highest BCUT2D eigenvalue weighted by molar-refractivity contribution is 14.1. The molecule has 0 radical (unpaired) electrons. The number of carbonyl (C=O) groups excluding carboxylic acids is 1. The molecule has 0 fully saturated rings. The number of aromatic nitrogens is 6. The molecule has 2 aromatic heterocycles. The number of aryl methyl sites for hydroxylation is 1. The SMILES string of the molecule is CCOC(=O)OC(C)n1nnc(-c2c(I)cnn2C)n1. The lowest BCUT2D eigenvalue weighted by molar-refractivity contribution is -0.00513. The maximum absolute atomic E-state index is 11.2. The molecule has 2 aromatic rings. The fraction of sp³-hybridized carbons (Fsp3) is 0.500. The van der Waals surface area contributed by atoms with Crippen LogP contribution < -0.4 is 0 Å². The minimum absolute atomic E-state index is 0.245. The van der Waals surface area contributed by atoms with Crippen molar-refractivity contribution in [2.24, 2.45) is 7.05 Å². The van der Waals surface area contributed by atoms with Gasteiger partial charge in [-0.1, -0.05) is 0 Å². The average molecular weight is 392 g/mol. The lowest BCUT2D eigenvalue weighted by Gasteiger charge is -2.10. The van der Waals surface area contributed by atoms with E-state index in [9.17, 15) is 4.79 Å². The zero-order valence-electron chi connectivity index (χ0n) is 11.1. The number of tetrazole rings is 1. The second-order valence-corrected chi connectivity index (χ2v) is 4.96. The van der Waals surface area contributed by atoms with Gasteiger partial charge in [-0.15, -0.1) is 15.0 Å². The van der Waals surface area contributed by atoms with E-state index in [1.54, 1.807) is 31.8 Å². The third kappa shape index (κ3) is 3.05. The summed E-state index contributed by atoms with van der Waals surface area (Å²) in [4.78, 5) is 12.4. The molecule has 9 nitrogen and oxygen atoms in total. The Morgan fingerprint density at radius 3 is 2.90 bits per heavy atom. The molecule has 2 rings (SSSR count). The van der Waals surface area contributed by atoms with E-state index in [-0.39, 0.29) is 6.61 Å². The summed E-state index contributed by atoms with van der Waals surface area (Å²) in [6.45, 7) is 3.56. The van der Waals surface area contributed by atoms with Gasteiger partial charge in [0, 0.05) is 7.05 Å². The third-order valence-electron chi connectivity index (χ3n) is 2.39. The molecule has 0 aliphatic carbocycles. The summed E-state index contributed by atoms with van der Waals surface area (Å²) in [5.41, 5.74) is 0.750. The molecular weight excluding hydrogens is 379 g/mol. The quantitative estimate of drug-likeness (QED) is 0.573. The van der Waals surface area contributed by atoms with Crippen molar-refractivity contribution in [2.75, 3.05) is 6.61 Å². The zero-order valence-corrected chi connectivity index (χ0v) is 13.3. The van der Waals surface area contributed by atoms with E-state index in [0.29, 0.717) is 5.82 Å². The Morgan fingerprint density at radius 2 is 2.30 bits per heavy atom. The van der Waals surface area contributed by atoms with Crippen LogP contribution in [0.5, 0.6) is 0 Å². The molecule has 0 spiro atoms. The van der Waals surface area contributed by atoms with Crippen molar-refractivity contribution in [3.05, 3.63) is 9.77 Å². The fourth-order valence-electron chi connectivity index (χ4n) is 1.47. The first-order valence-corrected chi connectivity index (χ1v) is 6.91. The molecule has 2 heterocycles. The van der Waals surface area contributed by atoms with Crippen LogP contribution >= 0.6 is 22.6 Å². The first-order chi connectivity index (χ1) is 9.52. The molecule has 0 bridgehead atoms. The van der Waals surface area contributed by atoms with E-state index in [4.69, 9.17) is 4.74 Å². The molecule has 108 valence electrons. The lowest BCUT2D eigenvalue weighted by atomic mass is 10.4. The molecule has 0 aliphatic rings. The topological polar surface area (TPSA) is 97.0 Å². The molecule has 20 heavy (non-hydrogen) atoms. The number of halogens is 1. The van der Waals surface area contributed by atoms with Gasteiger partial charge in [0.1, 0.15) is 5.69 Å². The number of rotatable bonds is 4. The minimum Gasteiger partial charge on any atom is -0.435 e. The minimum atomic E-state index is -0.769. The Balaban J connectivity index is 2.15. The summed E-state index contributed by atoms with van der Waals surface area (Å²) in [5, 5.41) is 16.1. The Labute approximate surface area is 128 Å². The van der Waals surface area contributed by atoms with E-state index in [0.717, 1.165) is 9.26 Å². The van der Waals surface area contributed by atoms with Gasteiger partial charge >= 0.3 is 6.16 Å². The Morgan fingerprint density at radius 1 is 1.55 bits per heavy atom. The van der Waals surface area contributed by atoms with Gasteiger partial charge in [-0.3, -0.25) is 4.68 Å². The van der Waals surface area contributed by atoms with Gasteiger partial charge in [-0.2, -0.15) is 5.10 Å². The fourth-order valence-corrected chi connectivity index (χ4v) is 2.19. The predicted molar refractivity (Wildman–Crippen MR) is 75.6 cm³/mol. The number of carbonyl (C=O) groups is 1. The number of nitrogens with zero attached hydrogens (tertiary/aromatic N) is 6. The summed E-state index contributed by atoms with van der Waals surface area (Å²) in [6, 6.07) is 0. The van der Waals surface area contributed by atoms with Crippen LogP contribution in [0.3, 0.4) is 0 Å². The van der Waals surface area contributed by atoms with Crippen LogP contribution in [-0.4, -0.2) is 42.7 Å². The van der Waals surface area contributed by atoms with E-state index < -0.39 is 12.4 Å². The molecule has 0 amide bonds. The predicted octanol–water partition coefficient (Wildman–Crippen LogP) is 1.37. The van der Waals surface area contributed by atoms with Gasteiger partial charge in [-0.25, -0.2) is 4.79 Å². The van der Waals surface area contributed by atoms with Crippen molar-refractivity contribution in [1.29, 1.82) is 0 Å². The first kappa shape index (κ1) is 14.7. The van der Waals surface area contributed by atoms with Gasteiger partial charge in [0.25, 0.3) is 0 Å². The molecule has 0 aliphatic heterocycles. The van der Waals surface area contributed by atoms with Crippen molar-refractivity contribution in [3.8, 4) is 11.5 Å². The smallest absolute Gasteiger partial charge is 0.435 e. The Kier molecular flexibility index (Phi) is 4.52. The summed E-state index contributed by atoms with van der Waals surface area (Å²) >= 11 is 2.14. The molecule has 10 heteroatoms. The molecule has 0 N–H and O–H groups in total. The molecular formula is C10H13IN6O3. The van der Waals surface area contributed by atoms with Gasteiger partial charge < -0.3 is 9.47 Å². The van der Waals surface area contributed by atoms with Crippen molar-refractivity contribution < 1.29 is 14.3 Å². The van der Waals surface area contributed by atoms with E-state index in [1.807, 2.05) is 0 Å². The second kappa shape index (κ2) is 6.15. The zero-order chi connectivity index (χ0) is 14.7. The van der Waals surface area contributed by atoms with Crippen LogP contribution in [0, 0.1) is 3.57 Å². The first-order valence-electron chi connectivity index (χ1n) is 5.83. The van der Waals surface area contributed by atoms with Crippen molar-refractivity contribution in [2.45, 2.75) is 20.1 Å². The van der Waals surface area contributed by atoms with Crippen LogP contribution in [0.1, 0.15) is 20.1 Å². The van der Waals surface area contributed by atoms with Crippen LogP contribution in [0.15, 0.2) is 6.20 Å². The molecule has 1 atom stereocenters. The average Bonchev–Trinajstić information content (AvgIpc) is 2.97. The largest absolute Gasteiger partial charge is 0.510 e. The second-order valence-electron chi connectivity index (χ2n) is 3.80. The standard InChI is InChI=1S/C10H13IN6O3/c1-4-19-10(18)20-6(2)17-14-9(13-15-17)8-7(11)5-12-16(8)3/h5-6H,4H2,1-3H3. The van der Waals surface area contributed by atoms with E-state index in [2.05, 4.69) is 47.8 Å².